The number of rotatable bonds is 4. The summed E-state index contributed by atoms with van der Waals surface area (Å²) >= 11 is 0. The van der Waals surface area contributed by atoms with Gasteiger partial charge in [0.25, 0.3) is 0 Å². The van der Waals surface area contributed by atoms with Gasteiger partial charge in [0.2, 0.25) is 0 Å². The van der Waals surface area contributed by atoms with E-state index in [1.54, 1.807) is 0 Å². The minimum atomic E-state index is -2.89. The first-order valence-electron chi connectivity index (χ1n) is 6.15. The molecule has 0 amide bonds. The number of hydrogen-bond acceptors (Lipinski definition) is 3. The lowest BCUT2D eigenvalue weighted by atomic mass is 10.1. The largest absolute Gasteiger partial charge is 0.295 e. The fraction of sp³-hybridized carbons (Fsp3) is 0.429. The number of nitrogens with zero attached hydrogens (tertiary/aromatic N) is 1. The standard InChI is InChI=1S/C14H19NO2S/c1-18(16,17)12-14-7-9-15(10-8-14)11-13-5-3-2-4-6-13/h2-7H,8-12H2,1H3. The Morgan fingerprint density at radius 3 is 2.50 bits per heavy atom. The van der Waals surface area contributed by atoms with Crippen molar-refractivity contribution in [3.63, 3.8) is 0 Å². The normalized spacial score (nSPS) is 17.5. The minimum absolute atomic E-state index is 0.214. The van der Waals surface area contributed by atoms with E-state index in [4.69, 9.17) is 0 Å². The maximum atomic E-state index is 11.2. The van der Waals surface area contributed by atoms with Gasteiger partial charge in [-0.2, -0.15) is 0 Å². The van der Waals surface area contributed by atoms with E-state index >= 15 is 0 Å². The third kappa shape index (κ3) is 4.27. The molecule has 0 radical (unpaired) electrons. The van der Waals surface area contributed by atoms with Gasteiger partial charge in [0.15, 0.2) is 9.84 Å². The van der Waals surface area contributed by atoms with E-state index in [0.29, 0.717) is 0 Å². The Bertz CT molecular complexity index is 520. The molecule has 0 bridgehead atoms. The SMILES string of the molecule is CS(=O)(=O)CC1=CCN(Cc2ccccc2)CC1. The first-order chi connectivity index (χ1) is 8.53. The van der Waals surface area contributed by atoms with Crippen LogP contribution in [0.3, 0.4) is 0 Å². The quantitative estimate of drug-likeness (QED) is 0.780. The van der Waals surface area contributed by atoms with Crippen molar-refractivity contribution in [3.8, 4) is 0 Å². The summed E-state index contributed by atoms with van der Waals surface area (Å²) in [6.07, 6.45) is 4.22. The van der Waals surface area contributed by atoms with Crippen LogP contribution in [0.25, 0.3) is 0 Å². The van der Waals surface area contributed by atoms with Crippen LogP contribution in [0.4, 0.5) is 0 Å². The van der Waals surface area contributed by atoms with Crippen molar-refractivity contribution in [1.29, 1.82) is 0 Å². The summed E-state index contributed by atoms with van der Waals surface area (Å²) in [5, 5.41) is 0. The van der Waals surface area contributed by atoms with Crippen LogP contribution >= 0.6 is 0 Å². The average molecular weight is 265 g/mol. The van der Waals surface area contributed by atoms with Gasteiger partial charge >= 0.3 is 0 Å². The van der Waals surface area contributed by atoms with Crippen LogP contribution in [0.15, 0.2) is 42.0 Å². The van der Waals surface area contributed by atoms with Crippen molar-refractivity contribution in [3.05, 3.63) is 47.5 Å². The maximum Gasteiger partial charge on any atom is 0.151 e. The van der Waals surface area contributed by atoms with Crippen LogP contribution in [0.2, 0.25) is 0 Å². The van der Waals surface area contributed by atoms with E-state index in [9.17, 15) is 8.42 Å². The molecule has 18 heavy (non-hydrogen) atoms. The average Bonchev–Trinajstić information content (AvgIpc) is 2.31. The van der Waals surface area contributed by atoms with Crippen molar-refractivity contribution in [2.45, 2.75) is 13.0 Å². The van der Waals surface area contributed by atoms with E-state index in [0.717, 1.165) is 31.6 Å². The third-order valence-electron chi connectivity index (χ3n) is 3.08. The van der Waals surface area contributed by atoms with Crippen LogP contribution < -0.4 is 0 Å². The Labute approximate surface area is 109 Å². The summed E-state index contributed by atoms with van der Waals surface area (Å²) in [6.45, 7) is 2.72. The molecule has 0 fully saturated rings. The Kier molecular flexibility index (Phi) is 4.19. The molecule has 0 saturated heterocycles. The molecule has 0 spiro atoms. The van der Waals surface area contributed by atoms with E-state index in [1.165, 1.54) is 11.8 Å². The highest BCUT2D eigenvalue weighted by Gasteiger charge is 2.14. The van der Waals surface area contributed by atoms with Crippen molar-refractivity contribution in [2.24, 2.45) is 0 Å². The van der Waals surface area contributed by atoms with Gasteiger partial charge in [-0.3, -0.25) is 4.90 Å². The molecule has 1 heterocycles. The molecule has 1 aromatic carbocycles. The second-order valence-corrected chi connectivity index (χ2v) is 7.04. The van der Waals surface area contributed by atoms with E-state index in [-0.39, 0.29) is 5.75 Å². The summed E-state index contributed by atoms with van der Waals surface area (Å²) in [5.74, 6) is 0.214. The Hall–Kier alpha value is -1.13. The highest BCUT2D eigenvalue weighted by atomic mass is 32.2. The molecule has 0 aromatic heterocycles. The lowest BCUT2D eigenvalue weighted by Crippen LogP contribution is -2.29. The fourth-order valence-corrected chi connectivity index (χ4v) is 3.14. The summed E-state index contributed by atoms with van der Waals surface area (Å²) < 4.78 is 22.4. The lowest BCUT2D eigenvalue weighted by Gasteiger charge is -2.26. The molecular formula is C14H19NO2S. The molecule has 0 unspecified atom stereocenters. The smallest absolute Gasteiger partial charge is 0.151 e. The van der Waals surface area contributed by atoms with Gasteiger partial charge in [0.1, 0.15) is 0 Å². The van der Waals surface area contributed by atoms with Gasteiger partial charge < -0.3 is 0 Å². The second-order valence-electron chi connectivity index (χ2n) is 4.90. The van der Waals surface area contributed by atoms with Crippen LogP contribution in [0, 0.1) is 0 Å². The third-order valence-corrected chi connectivity index (χ3v) is 3.98. The highest BCUT2D eigenvalue weighted by molar-refractivity contribution is 7.90. The van der Waals surface area contributed by atoms with Crippen molar-refractivity contribution in [1.82, 2.24) is 4.90 Å². The zero-order chi connectivity index (χ0) is 13.0. The van der Waals surface area contributed by atoms with Gasteiger partial charge in [-0.25, -0.2) is 8.42 Å². The van der Waals surface area contributed by atoms with E-state index in [2.05, 4.69) is 23.1 Å². The van der Waals surface area contributed by atoms with Gasteiger partial charge in [-0.1, -0.05) is 42.0 Å². The molecule has 2 rings (SSSR count). The summed E-state index contributed by atoms with van der Waals surface area (Å²) in [4.78, 5) is 2.33. The molecule has 0 atom stereocenters. The predicted molar refractivity (Wildman–Crippen MR) is 74.1 cm³/mol. The maximum absolute atomic E-state index is 11.2. The second kappa shape index (κ2) is 5.67. The topological polar surface area (TPSA) is 37.4 Å². The molecule has 3 nitrogen and oxygen atoms in total. The first-order valence-corrected chi connectivity index (χ1v) is 8.21. The molecule has 98 valence electrons. The Balaban J connectivity index is 1.90. The van der Waals surface area contributed by atoms with Crippen LogP contribution in [0.1, 0.15) is 12.0 Å². The van der Waals surface area contributed by atoms with E-state index < -0.39 is 9.84 Å². The highest BCUT2D eigenvalue weighted by Crippen LogP contribution is 2.15. The monoisotopic (exact) mass is 265 g/mol. The van der Waals surface area contributed by atoms with Crippen LogP contribution in [-0.4, -0.2) is 38.4 Å². The van der Waals surface area contributed by atoms with Crippen molar-refractivity contribution in [2.75, 3.05) is 25.1 Å². The van der Waals surface area contributed by atoms with Gasteiger partial charge in [0, 0.05) is 25.9 Å². The molecule has 1 aliphatic rings. The number of benzene rings is 1. The first kappa shape index (κ1) is 13.3. The van der Waals surface area contributed by atoms with Crippen molar-refractivity contribution < 1.29 is 8.42 Å². The summed E-state index contributed by atoms with van der Waals surface area (Å²) in [5.41, 5.74) is 2.36. The van der Waals surface area contributed by atoms with Gasteiger partial charge in [-0.15, -0.1) is 0 Å². The van der Waals surface area contributed by atoms with Crippen molar-refractivity contribution >= 4 is 9.84 Å². The van der Waals surface area contributed by atoms with Crippen LogP contribution in [-0.2, 0) is 16.4 Å². The Morgan fingerprint density at radius 2 is 1.94 bits per heavy atom. The molecule has 0 saturated carbocycles. The Morgan fingerprint density at radius 1 is 1.22 bits per heavy atom. The molecule has 0 aliphatic carbocycles. The van der Waals surface area contributed by atoms with E-state index in [1.807, 2.05) is 18.2 Å². The molecule has 1 aromatic rings. The molecule has 1 aliphatic heterocycles. The summed E-state index contributed by atoms with van der Waals surface area (Å²) in [7, 11) is -2.89. The fourth-order valence-electron chi connectivity index (χ4n) is 2.21. The molecule has 0 N–H and O–H groups in total. The zero-order valence-electron chi connectivity index (χ0n) is 10.7. The minimum Gasteiger partial charge on any atom is -0.295 e. The lowest BCUT2D eigenvalue weighted by molar-refractivity contribution is 0.286. The van der Waals surface area contributed by atoms with Crippen LogP contribution in [0.5, 0.6) is 0 Å². The molecular weight excluding hydrogens is 246 g/mol. The number of sulfone groups is 1. The summed E-state index contributed by atoms with van der Waals surface area (Å²) in [6, 6.07) is 10.4. The predicted octanol–water partition coefficient (Wildman–Crippen LogP) is 1.86. The van der Waals surface area contributed by atoms with Gasteiger partial charge in [0.05, 0.1) is 5.75 Å². The number of hydrogen-bond donors (Lipinski definition) is 0. The molecule has 4 heteroatoms. The van der Waals surface area contributed by atoms with Gasteiger partial charge in [-0.05, 0) is 12.0 Å². The zero-order valence-corrected chi connectivity index (χ0v) is 11.5.